The van der Waals surface area contributed by atoms with E-state index in [1.165, 1.54) is 0 Å². The smallest absolute Gasteiger partial charge is 0.313 e. The minimum Gasteiger partial charge on any atom is -0.361 e. The summed E-state index contributed by atoms with van der Waals surface area (Å²) in [4.78, 5) is 8.98. The number of carbonyl (C=O) groups excluding carboxylic acids is 1. The van der Waals surface area contributed by atoms with Crippen LogP contribution in [-0.2, 0) is 0 Å². The molecule has 0 amide bonds. The lowest BCUT2D eigenvalue weighted by Gasteiger charge is -1.65. The second-order valence-electron chi connectivity index (χ2n) is 1.80. The molecule has 5 heteroatoms. The number of nitrogens with zero attached hydrogens (tertiary/aromatic N) is 1. The van der Waals surface area contributed by atoms with E-state index in [9.17, 15) is 0 Å². The molecule has 0 saturated heterocycles. The van der Waals surface area contributed by atoms with Gasteiger partial charge in [0.25, 0.3) is 0 Å². The number of hydrogen-bond acceptors (Lipinski definition) is 3. The number of rotatable bonds is 0. The summed E-state index contributed by atoms with van der Waals surface area (Å²) in [5.41, 5.74) is 0.942. The topological polar surface area (TPSA) is 43.1 Å². The van der Waals surface area contributed by atoms with E-state index in [0.717, 1.165) is 11.5 Å². The van der Waals surface area contributed by atoms with Crippen molar-refractivity contribution in [3.8, 4) is 0 Å². The Morgan fingerprint density at radius 3 is 2.09 bits per heavy atom. The van der Waals surface area contributed by atoms with Gasteiger partial charge in [0.05, 0.1) is 5.69 Å². The molecule has 62 valence electrons. The van der Waals surface area contributed by atoms with E-state index < -0.39 is 4.70 Å². The first-order valence-corrected chi connectivity index (χ1v) is 3.53. The van der Waals surface area contributed by atoms with Gasteiger partial charge in [0.1, 0.15) is 5.76 Å². The molecule has 0 N–H and O–H groups in total. The van der Waals surface area contributed by atoms with Gasteiger partial charge in [-0.2, -0.15) is 0 Å². The lowest BCUT2D eigenvalue weighted by molar-refractivity contribution is 0.275. The Bertz CT molecular complexity index is 214. The first-order valence-electron chi connectivity index (χ1n) is 2.77. The molecular weight excluding hydrogens is 189 g/mol. The SMILES string of the molecule is Cc1cc(C)on1.O=C(Cl)Cl. The van der Waals surface area contributed by atoms with E-state index in [2.05, 4.69) is 28.4 Å². The Morgan fingerprint density at radius 2 is 2.00 bits per heavy atom. The van der Waals surface area contributed by atoms with Crippen molar-refractivity contribution >= 4 is 27.9 Å². The van der Waals surface area contributed by atoms with Crippen molar-refractivity contribution in [2.75, 3.05) is 0 Å². The number of halogens is 2. The largest absolute Gasteiger partial charge is 0.361 e. The lowest BCUT2D eigenvalue weighted by Crippen LogP contribution is -1.59. The van der Waals surface area contributed by atoms with E-state index in [1.54, 1.807) is 0 Å². The van der Waals surface area contributed by atoms with Crippen LogP contribution in [0.3, 0.4) is 0 Å². The van der Waals surface area contributed by atoms with Crippen molar-refractivity contribution in [2.45, 2.75) is 13.8 Å². The Morgan fingerprint density at radius 1 is 1.55 bits per heavy atom. The molecule has 0 saturated carbocycles. The predicted molar refractivity (Wildman–Crippen MR) is 43.1 cm³/mol. The molecule has 0 aromatic carbocycles. The van der Waals surface area contributed by atoms with Crippen molar-refractivity contribution < 1.29 is 9.32 Å². The van der Waals surface area contributed by atoms with Crippen molar-refractivity contribution in [3.63, 3.8) is 0 Å². The molecule has 0 fully saturated rings. The normalized spacial score (nSPS) is 8.36. The molecule has 1 heterocycles. The molecule has 0 aliphatic rings. The van der Waals surface area contributed by atoms with Gasteiger partial charge in [0.2, 0.25) is 0 Å². The zero-order chi connectivity index (χ0) is 8.85. The minimum atomic E-state index is -0.889. The third kappa shape index (κ3) is 7.36. The fourth-order valence-corrected chi connectivity index (χ4v) is 0.491. The summed E-state index contributed by atoms with van der Waals surface area (Å²) in [6, 6.07) is 1.89. The average Bonchev–Trinajstić information content (AvgIpc) is 2.13. The van der Waals surface area contributed by atoms with Crippen LogP contribution >= 0.6 is 23.2 Å². The van der Waals surface area contributed by atoms with Crippen LogP contribution in [0.5, 0.6) is 0 Å². The van der Waals surface area contributed by atoms with E-state index in [0.29, 0.717) is 0 Å². The highest BCUT2D eigenvalue weighted by atomic mass is 35.5. The molecule has 1 aromatic rings. The van der Waals surface area contributed by atoms with Crippen LogP contribution < -0.4 is 0 Å². The summed E-state index contributed by atoms with van der Waals surface area (Å²) in [6.45, 7) is 3.77. The Hall–Kier alpha value is -0.540. The Balaban J connectivity index is 0.000000218. The van der Waals surface area contributed by atoms with Gasteiger partial charge in [-0.15, -0.1) is 0 Å². The number of aromatic nitrogens is 1. The quantitative estimate of drug-likeness (QED) is 0.599. The zero-order valence-electron chi connectivity index (χ0n) is 6.10. The fraction of sp³-hybridized carbons (Fsp3) is 0.333. The van der Waals surface area contributed by atoms with Crippen LogP contribution in [0.25, 0.3) is 0 Å². The molecule has 1 rings (SSSR count). The van der Waals surface area contributed by atoms with Crippen LogP contribution in [0.15, 0.2) is 10.6 Å². The standard InChI is InChI=1S/C5H7NO.CCl2O/c1-4-3-5(2)7-6-4;2-1(3)4/h3H,1-2H3;. The van der Waals surface area contributed by atoms with Gasteiger partial charge in [0, 0.05) is 6.07 Å². The summed E-state index contributed by atoms with van der Waals surface area (Å²) in [6.07, 6.45) is 0. The molecule has 0 aliphatic heterocycles. The van der Waals surface area contributed by atoms with Gasteiger partial charge in [-0.05, 0) is 37.0 Å². The predicted octanol–water partition coefficient (Wildman–Crippen LogP) is 2.88. The number of aryl methyl sites for hydroxylation is 2. The second-order valence-corrected chi connectivity index (χ2v) is 2.68. The van der Waals surface area contributed by atoms with Gasteiger partial charge in [-0.3, -0.25) is 4.79 Å². The molecular formula is C6H7Cl2NO2. The minimum absolute atomic E-state index is 0.873. The summed E-state index contributed by atoms with van der Waals surface area (Å²) in [5, 5.41) is 3.64. The van der Waals surface area contributed by atoms with Crippen molar-refractivity contribution in [2.24, 2.45) is 0 Å². The van der Waals surface area contributed by atoms with Crippen molar-refractivity contribution in [1.82, 2.24) is 5.16 Å². The van der Waals surface area contributed by atoms with Crippen LogP contribution in [0, 0.1) is 13.8 Å². The second kappa shape index (κ2) is 5.16. The maximum atomic E-state index is 8.98. The van der Waals surface area contributed by atoms with Gasteiger partial charge in [-0.1, -0.05) is 5.16 Å². The average molecular weight is 196 g/mol. The molecule has 0 aliphatic carbocycles. The molecule has 0 radical (unpaired) electrons. The number of carbonyl (C=O) groups is 1. The first kappa shape index (κ1) is 10.5. The highest BCUT2D eigenvalue weighted by molar-refractivity contribution is 6.93. The zero-order valence-corrected chi connectivity index (χ0v) is 7.61. The van der Waals surface area contributed by atoms with Gasteiger partial charge < -0.3 is 4.52 Å². The molecule has 3 nitrogen and oxygen atoms in total. The summed E-state index contributed by atoms with van der Waals surface area (Å²) in [7, 11) is 0. The molecule has 1 aromatic heterocycles. The van der Waals surface area contributed by atoms with Gasteiger partial charge >= 0.3 is 4.70 Å². The van der Waals surface area contributed by atoms with Gasteiger partial charge in [-0.25, -0.2) is 0 Å². The molecule has 11 heavy (non-hydrogen) atoms. The third-order valence-electron chi connectivity index (χ3n) is 0.746. The van der Waals surface area contributed by atoms with Gasteiger partial charge in [0.15, 0.2) is 0 Å². The first-order chi connectivity index (χ1) is 5.02. The van der Waals surface area contributed by atoms with E-state index in [1.807, 2.05) is 19.9 Å². The lowest BCUT2D eigenvalue weighted by atomic mass is 10.4. The third-order valence-corrected chi connectivity index (χ3v) is 0.746. The maximum Gasteiger partial charge on any atom is 0.313 e. The van der Waals surface area contributed by atoms with E-state index >= 15 is 0 Å². The van der Waals surface area contributed by atoms with Crippen molar-refractivity contribution in [3.05, 3.63) is 17.5 Å². The van der Waals surface area contributed by atoms with Crippen LogP contribution in [0.2, 0.25) is 0 Å². The Labute approximate surface area is 74.3 Å². The van der Waals surface area contributed by atoms with Crippen LogP contribution in [-0.4, -0.2) is 9.86 Å². The highest BCUT2D eigenvalue weighted by Crippen LogP contribution is 1.97. The number of hydrogen-bond donors (Lipinski definition) is 0. The monoisotopic (exact) mass is 195 g/mol. The summed E-state index contributed by atoms with van der Waals surface area (Å²) in [5.74, 6) is 0.873. The maximum absolute atomic E-state index is 8.98. The fourth-order valence-electron chi connectivity index (χ4n) is 0.491. The highest BCUT2D eigenvalue weighted by Gasteiger charge is 1.88. The molecule has 0 bridgehead atoms. The van der Waals surface area contributed by atoms with E-state index in [-0.39, 0.29) is 0 Å². The molecule has 0 atom stereocenters. The molecule has 0 unspecified atom stereocenters. The summed E-state index contributed by atoms with van der Waals surface area (Å²) >= 11 is 8.80. The van der Waals surface area contributed by atoms with Crippen LogP contribution in [0.1, 0.15) is 11.5 Å². The molecule has 0 spiro atoms. The Kier molecular flexibility index (Phi) is 4.90. The van der Waals surface area contributed by atoms with Crippen molar-refractivity contribution in [1.29, 1.82) is 0 Å². The van der Waals surface area contributed by atoms with E-state index in [4.69, 9.17) is 9.32 Å². The van der Waals surface area contributed by atoms with Crippen LogP contribution in [0.4, 0.5) is 4.79 Å². The summed E-state index contributed by atoms with van der Waals surface area (Å²) < 4.78 is 3.83.